The zero-order valence-corrected chi connectivity index (χ0v) is 24.9. The number of ether oxygens (including phenoxy) is 4. The minimum absolute atomic E-state index is 0.188. The quantitative estimate of drug-likeness (QED) is 0.155. The van der Waals surface area contributed by atoms with Crippen LogP contribution < -0.4 is 11.2 Å². The summed E-state index contributed by atoms with van der Waals surface area (Å²) < 4.78 is 25.6. The lowest BCUT2D eigenvalue weighted by molar-refractivity contribution is -0.0645. The van der Waals surface area contributed by atoms with E-state index in [-0.39, 0.29) is 20.3 Å². The number of hydrogen-bond acceptors (Lipinski definition) is 9. The molecule has 0 unspecified atom stereocenters. The molecule has 5 rings (SSSR count). The fourth-order valence-electron chi connectivity index (χ4n) is 4.52. The maximum atomic E-state index is 13.3. The summed E-state index contributed by atoms with van der Waals surface area (Å²) in [4.78, 5) is 64.9. The average Bonchev–Trinajstić information content (AvgIpc) is 3.37. The van der Waals surface area contributed by atoms with Crippen molar-refractivity contribution in [1.29, 1.82) is 0 Å². The third-order valence-electron chi connectivity index (χ3n) is 6.72. The molecule has 3 aromatic carbocycles. The van der Waals surface area contributed by atoms with E-state index in [4.69, 9.17) is 18.9 Å². The molecule has 4 aromatic rings. The molecular formula is C31H25IN2O9. The number of benzene rings is 3. The van der Waals surface area contributed by atoms with Gasteiger partial charge in [0.25, 0.3) is 5.56 Å². The molecule has 1 aromatic heterocycles. The zero-order valence-electron chi connectivity index (χ0n) is 22.7. The number of carbonyl (C=O) groups is 3. The number of aromatic nitrogens is 2. The van der Waals surface area contributed by atoms with E-state index in [1.54, 1.807) is 114 Å². The Kier molecular flexibility index (Phi) is 9.16. The van der Waals surface area contributed by atoms with Gasteiger partial charge >= 0.3 is 23.6 Å². The van der Waals surface area contributed by atoms with Crippen LogP contribution in [0.3, 0.4) is 0 Å². The predicted octanol–water partition coefficient (Wildman–Crippen LogP) is 3.36. The molecule has 0 aliphatic carbocycles. The summed E-state index contributed by atoms with van der Waals surface area (Å²) in [6.45, 7) is -0.409. The highest BCUT2D eigenvalue weighted by Gasteiger charge is 2.52. The Hall–Kier alpha value is -4.56. The third-order valence-corrected chi connectivity index (χ3v) is 7.46. The highest BCUT2D eigenvalue weighted by molar-refractivity contribution is 14.1. The summed E-state index contributed by atoms with van der Waals surface area (Å²) in [6.07, 6.45) is -3.95. The van der Waals surface area contributed by atoms with E-state index in [1.807, 2.05) is 0 Å². The topological polar surface area (TPSA) is 132 Å². The van der Waals surface area contributed by atoms with Crippen LogP contribution in [0.15, 0.2) is 107 Å². The smallest absolute Gasteiger partial charge is 0.338 e. The molecule has 220 valence electrons. The summed E-state index contributed by atoms with van der Waals surface area (Å²) in [5.41, 5.74) is -0.584. The molecule has 0 saturated carbocycles. The Bertz CT molecular complexity index is 1740. The molecule has 1 aliphatic rings. The van der Waals surface area contributed by atoms with E-state index < -0.39 is 60.3 Å². The summed E-state index contributed by atoms with van der Waals surface area (Å²) in [6, 6.07) is 24.5. The maximum absolute atomic E-state index is 13.3. The van der Waals surface area contributed by atoms with Crippen LogP contribution in [0.2, 0.25) is 0 Å². The molecule has 0 spiro atoms. The van der Waals surface area contributed by atoms with Crippen LogP contribution in [-0.2, 0) is 26.0 Å². The van der Waals surface area contributed by atoms with E-state index in [0.29, 0.717) is 0 Å². The molecule has 0 amide bonds. The van der Waals surface area contributed by atoms with Crippen molar-refractivity contribution in [1.82, 2.24) is 9.13 Å². The number of carbonyl (C=O) groups excluding carboxylic acids is 3. The molecule has 0 N–H and O–H groups in total. The Morgan fingerprint density at radius 1 is 0.744 bits per heavy atom. The number of hydrogen-bond donors (Lipinski definition) is 0. The lowest BCUT2D eigenvalue weighted by Crippen LogP contribution is -2.45. The van der Waals surface area contributed by atoms with Crippen molar-refractivity contribution in [2.24, 2.45) is 7.05 Å². The van der Waals surface area contributed by atoms with Gasteiger partial charge in [-0.05, 0) is 59.0 Å². The van der Waals surface area contributed by atoms with Crippen molar-refractivity contribution in [3.63, 3.8) is 0 Å². The van der Waals surface area contributed by atoms with Crippen LogP contribution in [0.1, 0.15) is 37.3 Å². The van der Waals surface area contributed by atoms with Gasteiger partial charge in [0.15, 0.2) is 18.4 Å². The first-order valence-corrected chi connectivity index (χ1v) is 14.2. The van der Waals surface area contributed by atoms with Crippen molar-refractivity contribution in [2.75, 3.05) is 6.61 Å². The molecular weight excluding hydrogens is 671 g/mol. The van der Waals surface area contributed by atoms with Gasteiger partial charge in [-0.1, -0.05) is 54.6 Å². The normalized spacial score (nSPS) is 19.4. The van der Waals surface area contributed by atoms with Gasteiger partial charge in [0, 0.05) is 13.2 Å². The molecule has 2 heterocycles. The van der Waals surface area contributed by atoms with Gasteiger partial charge in [0.1, 0.15) is 12.7 Å². The zero-order chi connectivity index (χ0) is 30.5. The van der Waals surface area contributed by atoms with Gasteiger partial charge in [-0.15, -0.1) is 0 Å². The first-order valence-electron chi connectivity index (χ1n) is 13.1. The molecule has 0 radical (unpaired) electrons. The lowest BCUT2D eigenvalue weighted by atomic mass is 10.1. The molecule has 4 atom stereocenters. The second-order valence-corrected chi connectivity index (χ2v) is 10.7. The molecule has 1 aliphatic heterocycles. The van der Waals surface area contributed by atoms with Gasteiger partial charge < -0.3 is 18.9 Å². The van der Waals surface area contributed by atoms with Crippen LogP contribution in [0.25, 0.3) is 0 Å². The van der Waals surface area contributed by atoms with Gasteiger partial charge in [0.05, 0.1) is 20.3 Å². The minimum Gasteiger partial charge on any atom is -0.459 e. The van der Waals surface area contributed by atoms with E-state index in [2.05, 4.69) is 0 Å². The van der Waals surface area contributed by atoms with Crippen LogP contribution in [0.5, 0.6) is 0 Å². The van der Waals surface area contributed by atoms with E-state index in [9.17, 15) is 24.0 Å². The number of rotatable bonds is 8. The van der Waals surface area contributed by atoms with Gasteiger partial charge in [-0.2, -0.15) is 0 Å². The molecule has 43 heavy (non-hydrogen) atoms. The SMILES string of the molecule is Cn1c(=O)c(I)cn([C@@H]2O[C@H](COC(=O)c3ccccc3)[C@@H](OC(=O)c3ccccc3)[C@H]2OC(=O)c2ccccc2)c1=O. The summed E-state index contributed by atoms with van der Waals surface area (Å²) >= 11 is 1.78. The van der Waals surface area contributed by atoms with Crippen LogP contribution >= 0.6 is 22.6 Å². The van der Waals surface area contributed by atoms with Crippen molar-refractivity contribution < 1.29 is 33.3 Å². The fraction of sp³-hybridized carbons (Fsp3) is 0.194. The largest absolute Gasteiger partial charge is 0.459 e. The monoisotopic (exact) mass is 696 g/mol. The van der Waals surface area contributed by atoms with Crippen LogP contribution in [0.4, 0.5) is 0 Å². The van der Waals surface area contributed by atoms with Crippen molar-refractivity contribution in [2.45, 2.75) is 24.5 Å². The number of halogens is 1. The molecule has 1 fully saturated rings. The maximum Gasteiger partial charge on any atom is 0.338 e. The lowest BCUT2D eigenvalue weighted by Gasteiger charge is -2.25. The fourth-order valence-corrected chi connectivity index (χ4v) is 5.18. The van der Waals surface area contributed by atoms with Gasteiger partial charge in [0.2, 0.25) is 0 Å². The highest BCUT2D eigenvalue weighted by Crippen LogP contribution is 2.35. The minimum atomic E-state index is -1.38. The second-order valence-electron chi connectivity index (χ2n) is 9.53. The summed E-state index contributed by atoms with van der Waals surface area (Å²) in [5, 5.41) is 0. The third kappa shape index (κ3) is 6.60. The van der Waals surface area contributed by atoms with Crippen LogP contribution in [-0.4, -0.2) is 52.0 Å². The molecule has 11 nitrogen and oxygen atoms in total. The van der Waals surface area contributed by atoms with Crippen molar-refractivity contribution >= 4 is 40.5 Å². The van der Waals surface area contributed by atoms with E-state index in [0.717, 1.165) is 9.13 Å². The predicted molar refractivity (Wildman–Crippen MR) is 161 cm³/mol. The van der Waals surface area contributed by atoms with Gasteiger partial charge in [-0.3, -0.25) is 13.9 Å². The highest BCUT2D eigenvalue weighted by atomic mass is 127. The Morgan fingerprint density at radius 2 is 1.21 bits per heavy atom. The van der Waals surface area contributed by atoms with E-state index >= 15 is 0 Å². The van der Waals surface area contributed by atoms with Gasteiger partial charge in [-0.25, -0.2) is 19.2 Å². The molecule has 12 heteroatoms. The molecule has 0 bridgehead atoms. The Labute approximate surface area is 258 Å². The van der Waals surface area contributed by atoms with E-state index in [1.165, 1.54) is 13.2 Å². The average molecular weight is 696 g/mol. The Morgan fingerprint density at radius 3 is 1.72 bits per heavy atom. The first kappa shape index (κ1) is 29.9. The Balaban J connectivity index is 1.54. The first-order chi connectivity index (χ1) is 20.7. The summed E-state index contributed by atoms with van der Waals surface area (Å²) in [5.74, 6) is -2.18. The van der Waals surface area contributed by atoms with Crippen molar-refractivity contribution in [3.8, 4) is 0 Å². The van der Waals surface area contributed by atoms with Crippen molar-refractivity contribution in [3.05, 3.63) is 138 Å². The standard InChI is InChI=1S/C31H25IN2O9/c1-33-26(35)22(32)17-34(31(33)39)27-25(43-30(38)21-15-9-4-10-16-21)24(42-29(37)20-13-7-3-8-14-20)23(41-27)18-40-28(36)19-11-5-2-6-12-19/h2-17,23-25,27H,18H2,1H3/t23-,24-,25-,27-/m1/s1. The molecule has 1 saturated heterocycles. The summed E-state index contributed by atoms with van der Waals surface area (Å²) in [7, 11) is 1.30. The van der Waals surface area contributed by atoms with Crippen LogP contribution in [0, 0.1) is 3.57 Å². The number of esters is 3. The second kappa shape index (κ2) is 13.2. The number of nitrogens with zero attached hydrogens (tertiary/aromatic N) is 2.